The molecule has 182 valence electrons. The molecule has 35 heavy (non-hydrogen) atoms. The second kappa shape index (κ2) is 9.46. The fourth-order valence-electron chi connectivity index (χ4n) is 4.45. The molecule has 4 nitrogen and oxygen atoms in total. The zero-order valence-electron chi connectivity index (χ0n) is 21.4. The number of carbonyl (C=O) groups is 1. The number of ether oxygens (including phenoxy) is 1. The van der Waals surface area contributed by atoms with Crippen molar-refractivity contribution in [1.29, 1.82) is 0 Å². The molecule has 2 N–H and O–H groups in total. The topological polar surface area (TPSA) is 50.4 Å². The van der Waals surface area contributed by atoms with E-state index in [2.05, 4.69) is 64.3 Å². The Hall–Kier alpha value is -3.18. The number of hydrogen-bond donors (Lipinski definition) is 2. The van der Waals surface area contributed by atoms with Gasteiger partial charge >= 0.3 is 0 Å². The number of fused-ring (bicyclic) bond motifs is 1. The van der Waals surface area contributed by atoms with Gasteiger partial charge in [-0.05, 0) is 62.2 Å². The van der Waals surface area contributed by atoms with Crippen molar-refractivity contribution in [3.05, 3.63) is 94.5 Å². The molecule has 0 aromatic heterocycles. The van der Waals surface area contributed by atoms with Gasteiger partial charge in [0.1, 0.15) is 11.4 Å². The molecule has 1 aliphatic rings. The molecule has 0 spiro atoms. The third-order valence-corrected chi connectivity index (χ3v) is 6.54. The second-order valence-corrected chi connectivity index (χ2v) is 11.4. The maximum atomic E-state index is 13.1. The number of anilines is 1. The largest absolute Gasteiger partial charge is 0.487 e. The Labute approximate surface area is 214 Å². The van der Waals surface area contributed by atoms with Crippen LogP contribution in [-0.4, -0.2) is 16.5 Å². The van der Waals surface area contributed by atoms with Crippen LogP contribution in [-0.2, 0) is 5.41 Å². The normalized spacial score (nSPS) is 16.6. The number of aryl methyl sites for hydroxylation is 1. The summed E-state index contributed by atoms with van der Waals surface area (Å²) in [6.45, 7) is 12.7. The predicted octanol–water partition coefficient (Wildman–Crippen LogP) is 7.11. The van der Waals surface area contributed by atoms with Gasteiger partial charge in [-0.3, -0.25) is 4.79 Å². The van der Waals surface area contributed by atoms with E-state index in [9.17, 15) is 4.79 Å². The van der Waals surface area contributed by atoms with Crippen LogP contribution >= 0.6 is 12.2 Å². The van der Waals surface area contributed by atoms with Crippen molar-refractivity contribution in [3.8, 4) is 5.75 Å². The molecule has 0 bridgehead atoms. The van der Waals surface area contributed by atoms with Crippen molar-refractivity contribution < 1.29 is 9.53 Å². The Bertz CT molecular complexity index is 1260. The standard InChI is InChI=1S/C30H34N2O2S/c1-19-10-15-26-24(16-19)25(18-30(5,6)34-26)32-28(35)31-23-9-7-8-21(17-23)27(33)20-11-13-22(14-12-20)29(2,3)4/h7-17,25H,18H2,1-6H3,(H2,31,32,35)/t25-/m1/s1. The van der Waals surface area contributed by atoms with E-state index >= 15 is 0 Å². The highest BCUT2D eigenvalue weighted by atomic mass is 32.1. The van der Waals surface area contributed by atoms with Gasteiger partial charge in [0.25, 0.3) is 0 Å². The van der Waals surface area contributed by atoms with Crippen LogP contribution < -0.4 is 15.4 Å². The summed E-state index contributed by atoms with van der Waals surface area (Å²) in [6, 6.07) is 21.6. The summed E-state index contributed by atoms with van der Waals surface area (Å²) in [5, 5.41) is 7.24. The molecule has 0 saturated heterocycles. The van der Waals surface area contributed by atoms with Crippen LogP contribution in [0.1, 0.15) is 79.7 Å². The van der Waals surface area contributed by atoms with E-state index in [0.717, 1.165) is 23.4 Å². The fraction of sp³-hybridized carbons (Fsp3) is 0.333. The van der Waals surface area contributed by atoms with Crippen LogP contribution in [0.15, 0.2) is 66.7 Å². The second-order valence-electron chi connectivity index (χ2n) is 11.0. The van der Waals surface area contributed by atoms with Crippen molar-refractivity contribution in [1.82, 2.24) is 5.32 Å². The Morgan fingerprint density at radius 1 is 1.00 bits per heavy atom. The van der Waals surface area contributed by atoms with Gasteiger partial charge in [0, 0.05) is 28.8 Å². The molecule has 0 amide bonds. The quantitative estimate of drug-likeness (QED) is 0.304. The van der Waals surface area contributed by atoms with Crippen LogP contribution in [0.5, 0.6) is 5.75 Å². The summed E-state index contributed by atoms with van der Waals surface area (Å²) in [7, 11) is 0. The van der Waals surface area contributed by atoms with Gasteiger partial charge in [-0.1, -0.05) is 74.9 Å². The third-order valence-electron chi connectivity index (χ3n) is 6.32. The minimum absolute atomic E-state index is 0.0106. The number of nitrogens with one attached hydrogen (secondary N) is 2. The van der Waals surface area contributed by atoms with Crippen molar-refractivity contribution in [2.24, 2.45) is 0 Å². The van der Waals surface area contributed by atoms with Crippen molar-refractivity contribution in [3.63, 3.8) is 0 Å². The average Bonchev–Trinajstić information content (AvgIpc) is 2.78. The van der Waals surface area contributed by atoms with Gasteiger partial charge in [0.2, 0.25) is 0 Å². The first-order valence-corrected chi connectivity index (χ1v) is 12.4. The summed E-state index contributed by atoms with van der Waals surface area (Å²) in [5.41, 5.74) is 5.30. The van der Waals surface area contributed by atoms with E-state index < -0.39 is 0 Å². The molecular formula is C30H34N2O2S. The van der Waals surface area contributed by atoms with E-state index in [4.69, 9.17) is 17.0 Å². The summed E-state index contributed by atoms with van der Waals surface area (Å²) in [4.78, 5) is 13.1. The predicted molar refractivity (Wildman–Crippen MR) is 148 cm³/mol. The summed E-state index contributed by atoms with van der Waals surface area (Å²) in [6.07, 6.45) is 0.786. The number of thiocarbonyl (C=S) groups is 1. The highest BCUT2D eigenvalue weighted by Gasteiger charge is 2.34. The van der Waals surface area contributed by atoms with Crippen molar-refractivity contribution in [2.75, 3.05) is 5.32 Å². The lowest BCUT2D eigenvalue weighted by atomic mass is 9.86. The lowest BCUT2D eigenvalue weighted by Crippen LogP contribution is -2.42. The number of ketones is 1. The molecule has 0 aliphatic carbocycles. The Morgan fingerprint density at radius 3 is 2.40 bits per heavy atom. The van der Waals surface area contributed by atoms with Crippen molar-refractivity contribution in [2.45, 2.75) is 65.0 Å². The third kappa shape index (κ3) is 5.91. The van der Waals surface area contributed by atoms with Gasteiger partial charge in [0.05, 0.1) is 6.04 Å². The van der Waals surface area contributed by atoms with E-state index in [0.29, 0.717) is 16.2 Å². The molecule has 0 unspecified atom stereocenters. The first kappa shape index (κ1) is 24.9. The molecule has 0 saturated carbocycles. The molecule has 5 heteroatoms. The van der Waals surface area contributed by atoms with Gasteiger partial charge in [-0.15, -0.1) is 0 Å². The van der Waals surface area contributed by atoms with Gasteiger partial charge in [0.15, 0.2) is 10.9 Å². The van der Waals surface area contributed by atoms with Gasteiger partial charge in [-0.25, -0.2) is 0 Å². The van der Waals surface area contributed by atoms with E-state index in [1.54, 1.807) is 0 Å². The molecule has 3 aromatic rings. The monoisotopic (exact) mass is 486 g/mol. The van der Waals surface area contributed by atoms with Gasteiger partial charge in [-0.2, -0.15) is 0 Å². The Morgan fingerprint density at radius 2 is 1.71 bits per heavy atom. The maximum absolute atomic E-state index is 13.1. The minimum atomic E-state index is -0.301. The van der Waals surface area contributed by atoms with Crippen molar-refractivity contribution >= 4 is 28.8 Å². The number of carbonyl (C=O) groups excluding carboxylic acids is 1. The van der Waals surface area contributed by atoms with Crippen LogP contribution in [0, 0.1) is 6.92 Å². The van der Waals surface area contributed by atoms with Crippen LogP contribution in [0.3, 0.4) is 0 Å². The molecule has 0 fully saturated rings. The first-order valence-electron chi connectivity index (χ1n) is 12.0. The van der Waals surface area contributed by atoms with E-state index in [1.807, 2.05) is 54.6 Å². The summed E-state index contributed by atoms with van der Waals surface area (Å²) in [5.74, 6) is 0.876. The molecule has 1 aliphatic heterocycles. The SMILES string of the molecule is Cc1ccc2c(c1)[C@H](NC(=S)Nc1cccc(C(=O)c3ccc(C(C)(C)C)cc3)c1)CC(C)(C)O2. The van der Waals surface area contributed by atoms with Gasteiger partial charge < -0.3 is 15.4 Å². The highest BCUT2D eigenvalue weighted by molar-refractivity contribution is 7.80. The Balaban J connectivity index is 1.48. The molecule has 1 atom stereocenters. The summed E-state index contributed by atoms with van der Waals surface area (Å²) >= 11 is 5.66. The maximum Gasteiger partial charge on any atom is 0.193 e. The molecule has 1 heterocycles. The lowest BCUT2D eigenvalue weighted by molar-refractivity contribution is 0.0696. The molecular weight excluding hydrogens is 452 g/mol. The molecule has 0 radical (unpaired) electrons. The molecule has 3 aromatic carbocycles. The minimum Gasteiger partial charge on any atom is -0.487 e. The summed E-state index contributed by atoms with van der Waals surface area (Å²) < 4.78 is 6.17. The highest BCUT2D eigenvalue weighted by Crippen LogP contribution is 2.40. The lowest BCUT2D eigenvalue weighted by Gasteiger charge is -2.38. The van der Waals surface area contributed by atoms with E-state index in [-0.39, 0.29) is 22.8 Å². The van der Waals surface area contributed by atoms with Crippen LogP contribution in [0.4, 0.5) is 5.69 Å². The Kier molecular flexibility index (Phi) is 6.74. The van der Waals surface area contributed by atoms with E-state index in [1.165, 1.54) is 11.1 Å². The zero-order valence-corrected chi connectivity index (χ0v) is 22.2. The number of benzene rings is 3. The number of rotatable bonds is 4. The zero-order chi connectivity index (χ0) is 25.4. The average molecular weight is 487 g/mol. The first-order chi connectivity index (χ1) is 16.4. The van der Waals surface area contributed by atoms with Crippen LogP contribution in [0.25, 0.3) is 0 Å². The van der Waals surface area contributed by atoms with Crippen LogP contribution in [0.2, 0.25) is 0 Å². The fourth-order valence-corrected chi connectivity index (χ4v) is 4.71. The number of hydrogen-bond acceptors (Lipinski definition) is 3. The smallest absolute Gasteiger partial charge is 0.193 e. The molecule has 4 rings (SSSR count).